The number of urea groups is 1. The smallest absolute Gasteiger partial charge is 0.332 e. The average molecular weight is 246 g/mol. The lowest BCUT2D eigenvalue weighted by Gasteiger charge is -2.18. The van der Waals surface area contributed by atoms with Gasteiger partial charge in [0, 0.05) is 18.8 Å². The zero-order chi connectivity index (χ0) is 13.0. The van der Waals surface area contributed by atoms with Crippen LogP contribution in [0.15, 0.2) is 23.3 Å². The monoisotopic (exact) mass is 246 g/mol. The van der Waals surface area contributed by atoms with Gasteiger partial charge in [0.15, 0.2) is 0 Å². The summed E-state index contributed by atoms with van der Waals surface area (Å²) < 4.78 is 0. The molecule has 1 saturated heterocycles. The van der Waals surface area contributed by atoms with Gasteiger partial charge in [0.2, 0.25) is 0 Å². The number of hydrogen-bond donors (Lipinski definition) is 2. The van der Waals surface area contributed by atoms with E-state index in [2.05, 4.69) is 27.6 Å². The first-order valence-corrected chi connectivity index (χ1v) is 6.11. The van der Waals surface area contributed by atoms with E-state index in [0.29, 0.717) is 0 Å². The molecule has 1 aromatic rings. The lowest BCUT2D eigenvalue weighted by Crippen LogP contribution is -2.24. The van der Waals surface area contributed by atoms with E-state index in [1.54, 1.807) is 6.21 Å². The Bertz CT molecular complexity index is 464. The number of hydrogen-bond acceptors (Lipinski definition) is 3. The van der Waals surface area contributed by atoms with Crippen molar-refractivity contribution in [1.29, 1.82) is 0 Å². The number of benzene rings is 1. The molecule has 18 heavy (non-hydrogen) atoms. The highest BCUT2D eigenvalue weighted by molar-refractivity contribution is 5.84. The number of nitrogens with zero attached hydrogens (tertiary/aromatic N) is 2. The third-order valence-corrected chi connectivity index (χ3v) is 3.10. The van der Waals surface area contributed by atoms with Crippen LogP contribution < -0.4 is 16.1 Å². The molecule has 1 heterocycles. The number of anilines is 1. The Kier molecular flexibility index (Phi) is 3.82. The molecular weight excluding hydrogens is 228 g/mol. The van der Waals surface area contributed by atoms with E-state index in [9.17, 15) is 4.79 Å². The quantitative estimate of drug-likeness (QED) is 0.628. The number of carbonyl (C=O) groups is 1. The molecule has 5 heteroatoms. The molecule has 0 atom stereocenters. The Morgan fingerprint density at radius 3 is 2.78 bits per heavy atom. The molecule has 0 saturated carbocycles. The van der Waals surface area contributed by atoms with Crippen molar-refractivity contribution >= 4 is 17.9 Å². The Balaban J connectivity index is 2.09. The fourth-order valence-electron chi connectivity index (χ4n) is 2.14. The van der Waals surface area contributed by atoms with Gasteiger partial charge in [0.25, 0.3) is 0 Å². The minimum absolute atomic E-state index is 0.655. The average Bonchev–Trinajstić information content (AvgIpc) is 2.84. The third-order valence-electron chi connectivity index (χ3n) is 3.10. The van der Waals surface area contributed by atoms with Gasteiger partial charge in [-0.1, -0.05) is 6.07 Å². The summed E-state index contributed by atoms with van der Waals surface area (Å²) in [7, 11) is 0. The number of rotatable bonds is 3. The van der Waals surface area contributed by atoms with Crippen molar-refractivity contribution in [1.82, 2.24) is 5.43 Å². The molecule has 0 bridgehead atoms. The number of hydrazone groups is 1. The van der Waals surface area contributed by atoms with Crippen LogP contribution in [0.5, 0.6) is 0 Å². The van der Waals surface area contributed by atoms with Crippen molar-refractivity contribution in [2.24, 2.45) is 10.8 Å². The Morgan fingerprint density at radius 1 is 1.44 bits per heavy atom. The maximum atomic E-state index is 10.5. The van der Waals surface area contributed by atoms with Crippen molar-refractivity contribution in [3.05, 3.63) is 29.3 Å². The van der Waals surface area contributed by atoms with Crippen LogP contribution >= 0.6 is 0 Å². The number of amides is 2. The second kappa shape index (κ2) is 5.53. The van der Waals surface area contributed by atoms with Crippen LogP contribution in [0.4, 0.5) is 10.5 Å². The molecule has 1 aromatic carbocycles. The van der Waals surface area contributed by atoms with Crippen LogP contribution in [0, 0.1) is 6.92 Å². The van der Waals surface area contributed by atoms with Crippen LogP contribution in [-0.2, 0) is 0 Å². The van der Waals surface area contributed by atoms with Gasteiger partial charge in [0.1, 0.15) is 0 Å². The highest BCUT2D eigenvalue weighted by atomic mass is 16.2. The van der Waals surface area contributed by atoms with Crippen LogP contribution in [0.2, 0.25) is 0 Å². The Hall–Kier alpha value is -2.04. The highest BCUT2D eigenvalue weighted by Gasteiger charge is 2.12. The number of nitrogens with two attached hydrogens (primary N) is 1. The standard InChI is InChI=1S/C13H18N4O/c1-10-8-12(17-6-2-3-7-17)5-4-11(10)9-15-16-13(14)18/h4-5,8-9H,2-3,6-7H2,1H3,(H3,14,16,18). The number of nitrogens with one attached hydrogen (secondary N) is 1. The zero-order valence-electron chi connectivity index (χ0n) is 10.5. The van der Waals surface area contributed by atoms with E-state index in [4.69, 9.17) is 5.73 Å². The van der Waals surface area contributed by atoms with Gasteiger partial charge in [0.05, 0.1) is 6.21 Å². The van der Waals surface area contributed by atoms with Crippen LogP contribution in [0.3, 0.4) is 0 Å². The maximum absolute atomic E-state index is 10.5. The summed E-state index contributed by atoms with van der Waals surface area (Å²) in [6, 6.07) is 5.59. The third kappa shape index (κ3) is 3.00. The van der Waals surface area contributed by atoms with Gasteiger partial charge in [-0.3, -0.25) is 0 Å². The van der Waals surface area contributed by atoms with Crippen molar-refractivity contribution in [2.75, 3.05) is 18.0 Å². The maximum Gasteiger partial charge on any atom is 0.332 e. The van der Waals surface area contributed by atoms with E-state index < -0.39 is 6.03 Å². The van der Waals surface area contributed by atoms with Crippen molar-refractivity contribution < 1.29 is 4.79 Å². The van der Waals surface area contributed by atoms with Gasteiger partial charge in [-0.25, -0.2) is 10.2 Å². The summed E-state index contributed by atoms with van der Waals surface area (Å²) >= 11 is 0. The van der Waals surface area contributed by atoms with Gasteiger partial charge in [-0.2, -0.15) is 5.10 Å². The summed E-state index contributed by atoms with van der Waals surface area (Å²) in [5.74, 6) is 0. The first-order valence-electron chi connectivity index (χ1n) is 6.11. The van der Waals surface area contributed by atoms with Gasteiger partial charge >= 0.3 is 6.03 Å². The first-order chi connectivity index (χ1) is 8.66. The second-order valence-corrected chi connectivity index (χ2v) is 4.47. The molecule has 96 valence electrons. The predicted molar refractivity (Wildman–Crippen MR) is 72.9 cm³/mol. The number of primary amides is 1. The summed E-state index contributed by atoms with van der Waals surface area (Å²) in [4.78, 5) is 12.9. The van der Waals surface area contributed by atoms with E-state index >= 15 is 0 Å². The van der Waals surface area contributed by atoms with Crippen molar-refractivity contribution in [3.63, 3.8) is 0 Å². The molecule has 3 N–H and O–H groups in total. The molecule has 0 unspecified atom stereocenters. The molecule has 0 aromatic heterocycles. The molecule has 2 amide bonds. The molecule has 0 spiro atoms. The Labute approximate surface area is 107 Å². The fourth-order valence-corrected chi connectivity index (χ4v) is 2.14. The van der Waals surface area contributed by atoms with Gasteiger partial charge < -0.3 is 10.6 Å². The van der Waals surface area contributed by atoms with Crippen LogP contribution in [0.1, 0.15) is 24.0 Å². The first kappa shape index (κ1) is 12.4. The van der Waals surface area contributed by atoms with Gasteiger partial charge in [-0.15, -0.1) is 0 Å². The minimum Gasteiger partial charge on any atom is -0.372 e. The molecular formula is C13H18N4O. The largest absolute Gasteiger partial charge is 0.372 e. The summed E-state index contributed by atoms with van der Waals surface area (Å²) in [5.41, 5.74) is 10.5. The SMILES string of the molecule is Cc1cc(N2CCCC2)ccc1C=NNC(N)=O. The number of aryl methyl sites for hydroxylation is 1. The van der Waals surface area contributed by atoms with Crippen LogP contribution in [0.25, 0.3) is 0 Å². The van der Waals surface area contributed by atoms with E-state index in [1.165, 1.54) is 18.5 Å². The van der Waals surface area contributed by atoms with Crippen molar-refractivity contribution in [3.8, 4) is 0 Å². The summed E-state index contributed by atoms with van der Waals surface area (Å²) in [6.45, 7) is 4.30. The Morgan fingerprint density at radius 2 is 2.17 bits per heavy atom. The highest BCUT2D eigenvalue weighted by Crippen LogP contribution is 2.22. The van der Waals surface area contributed by atoms with E-state index in [-0.39, 0.29) is 0 Å². The predicted octanol–water partition coefficient (Wildman–Crippen LogP) is 1.60. The molecule has 1 fully saturated rings. The number of carbonyl (C=O) groups excluding carboxylic acids is 1. The molecule has 5 nitrogen and oxygen atoms in total. The minimum atomic E-state index is -0.655. The fraction of sp³-hybridized carbons (Fsp3) is 0.385. The molecule has 2 rings (SSSR count). The van der Waals surface area contributed by atoms with Gasteiger partial charge in [-0.05, 0) is 43.0 Å². The molecule has 1 aliphatic heterocycles. The summed E-state index contributed by atoms with van der Waals surface area (Å²) in [5, 5.41) is 3.77. The topological polar surface area (TPSA) is 70.7 Å². The summed E-state index contributed by atoms with van der Waals surface area (Å²) in [6.07, 6.45) is 4.14. The van der Waals surface area contributed by atoms with E-state index in [0.717, 1.165) is 24.2 Å². The molecule has 1 aliphatic rings. The lowest BCUT2D eigenvalue weighted by molar-refractivity contribution is 0.249. The van der Waals surface area contributed by atoms with Crippen molar-refractivity contribution in [2.45, 2.75) is 19.8 Å². The molecule has 0 radical (unpaired) electrons. The normalized spacial score (nSPS) is 15.3. The zero-order valence-corrected chi connectivity index (χ0v) is 10.5. The second-order valence-electron chi connectivity index (χ2n) is 4.47. The van der Waals surface area contributed by atoms with E-state index in [1.807, 2.05) is 13.0 Å². The lowest BCUT2D eigenvalue weighted by atomic mass is 10.1. The molecule has 0 aliphatic carbocycles. The van der Waals surface area contributed by atoms with Crippen LogP contribution in [-0.4, -0.2) is 25.3 Å².